The van der Waals surface area contributed by atoms with Crippen molar-refractivity contribution in [3.8, 4) is 5.75 Å². The second-order valence-corrected chi connectivity index (χ2v) is 8.23. The summed E-state index contributed by atoms with van der Waals surface area (Å²) in [5, 5.41) is 1.11. The molecular weight excluding hydrogens is 346 g/mol. The van der Waals surface area contributed by atoms with Gasteiger partial charge in [0.15, 0.2) is 5.75 Å². The van der Waals surface area contributed by atoms with Gasteiger partial charge in [-0.15, -0.1) is 6.58 Å². The van der Waals surface area contributed by atoms with Crippen molar-refractivity contribution in [2.24, 2.45) is 5.92 Å². The van der Waals surface area contributed by atoms with Gasteiger partial charge in [-0.1, -0.05) is 45.6 Å². The minimum Gasteiger partial charge on any atom is -0.497 e. The molecule has 2 aliphatic rings. The highest BCUT2D eigenvalue weighted by atomic mass is 16.5. The van der Waals surface area contributed by atoms with E-state index in [1.807, 2.05) is 12.2 Å². The highest BCUT2D eigenvalue weighted by Crippen LogP contribution is 2.50. The number of ether oxygens (including phenoxy) is 2. The zero-order valence-electron chi connectivity index (χ0n) is 17.1. The molecule has 0 saturated heterocycles. The molecule has 0 fully saturated rings. The number of rotatable bonds is 6. The summed E-state index contributed by atoms with van der Waals surface area (Å²) in [6.07, 6.45) is 8.84. The molecule has 3 nitrogen and oxygen atoms in total. The summed E-state index contributed by atoms with van der Waals surface area (Å²) in [5.74, 6) is 3.27. The largest absolute Gasteiger partial charge is 0.497 e. The number of aromatic amines is 1. The minimum absolute atomic E-state index is 0.106. The van der Waals surface area contributed by atoms with Crippen molar-refractivity contribution in [3.05, 3.63) is 71.9 Å². The fourth-order valence-corrected chi connectivity index (χ4v) is 4.19. The van der Waals surface area contributed by atoms with Gasteiger partial charge in [0.25, 0.3) is 0 Å². The first-order chi connectivity index (χ1) is 13.5. The Labute approximate surface area is 167 Å². The lowest BCUT2D eigenvalue weighted by molar-refractivity contribution is 0.168. The van der Waals surface area contributed by atoms with Crippen LogP contribution in [0.1, 0.15) is 51.3 Å². The number of nitrogens with one attached hydrogen (secondary N) is 1. The second kappa shape index (κ2) is 7.05. The van der Waals surface area contributed by atoms with E-state index in [2.05, 4.69) is 63.2 Å². The van der Waals surface area contributed by atoms with Gasteiger partial charge >= 0.3 is 0 Å². The zero-order chi connectivity index (χ0) is 19.9. The number of fused-ring (bicyclic) bond motifs is 3. The third-order valence-corrected chi connectivity index (χ3v) is 6.15. The predicted octanol–water partition coefficient (Wildman–Crippen LogP) is 6.64. The average Bonchev–Trinajstić information content (AvgIpc) is 3.07. The molecular formula is C25H29NO2. The van der Waals surface area contributed by atoms with Gasteiger partial charge in [0.2, 0.25) is 0 Å². The number of hydrogen-bond donors (Lipinski definition) is 1. The molecule has 1 unspecified atom stereocenters. The Bertz CT molecular complexity index is 1000. The lowest BCUT2D eigenvalue weighted by Gasteiger charge is -2.36. The first-order valence-corrected chi connectivity index (χ1v) is 10.1. The molecule has 146 valence electrons. The summed E-state index contributed by atoms with van der Waals surface area (Å²) in [5.41, 5.74) is 4.57. The normalized spacial score (nSPS) is 18.6. The van der Waals surface area contributed by atoms with E-state index in [4.69, 9.17) is 9.47 Å². The Morgan fingerprint density at radius 2 is 2.11 bits per heavy atom. The molecule has 1 N–H and O–H groups in total. The van der Waals surface area contributed by atoms with Gasteiger partial charge < -0.3 is 14.5 Å². The van der Waals surface area contributed by atoms with Crippen LogP contribution in [0.5, 0.6) is 5.75 Å². The number of aromatic nitrogens is 1. The monoisotopic (exact) mass is 375 g/mol. The molecule has 2 heterocycles. The summed E-state index contributed by atoms with van der Waals surface area (Å²) < 4.78 is 12.5. The number of allylic oxidation sites excluding steroid dienone is 3. The van der Waals surface area contributed by atoms with Crippen molar-refractivity contribution >= 4 is 17.0 Å². The molecule has 1 atom stereocenters. The van der Waals surface area contributed by atoms with Crippen LogP contribution < -0.4 is 4.74 Å². The van der Waals surface area contributed by atoms with E-state index in [1.165, 1.54) is 5.57 Å². The fraction of sp³-hybridized carbons (Fsp3) is 0.360. The van der Waals surface area contributed by atoms with Crippen molar-refractivity contribution in [2.75, 3.05) is 6.61 Å². The van der Waals surface area contributed by atoms with Gasteiger partial charge in [-0.2, -0.15) is 0 Å². The molecule has 2 aromatic rings. The van der Waals surface area contributed by atoms with Crippen molar-refractivity contribution in [2.45, 2.75) is 45.4 Å². The zero-order valence-corrected chi connectivity index (χ0v) is 17.1. The molecule has 1 aromatic heterocycles. The molecule has 3 heteroatoms. The topological polar surface area (TPSA) is 34.2 Å². The van der Waals surface area contributed by atoms with E-state index in [-0.39, 0.29) is 5.41 Å². The van der Waals surface area contributed by atoms with Crippen molar-refractivity contribution < 1.29 is 9.47 Å². The third kappa shape index (κ3) is 2.99. The van der Waals surface area contributed by atoms with E-state index < -0.39 is 0 Å². The van der Waals surface area contributed by atoms with Crippen LogP contribution in [0.15, 0.2) is 60.6 Å². The number of hydrogen-bond acceptors (Lipinski definition) is 2. The summed E-state index contributed by atoms with van der Waals surface area (Å²) in [4.78, 5) is 3.61. The van der Waals surface area contributed by atoms with E-state index in [0.29, 0.717) is 12.5 Å². The molecule has 0 amide bonds. The van der Waals surface area contributed by atoms with Crippen molar-refractivity contribution in [1.29, 1.82) is 0 Å². The first-order valence-electron chi connectivity index (χ1n) is 10.1. The maximum atomic E-state index is 6.43. The second-order valence-electron chi connectivity index (χ2n) is 8.23. The van der Waals surface area contributed by atoms with Crippen molar-refractivity contribution in [3.63, 3.8) is 0 Å². The van der Waals surface area contributed by atoms with E-state index in [1.54, 1.807) is 0 Å². The first kappa shape index (κ1) is 18.7. The van der Waals surface area contributed by atoms with Crippen LogP contribution in [0, 0.1) is 5.92 Å². The van der Waals surface area contributed by atoms with E-state index in [9.17, 15) is 0 Å². The molecule has 0 spiro atoms. The SMILES string of the molecule is C=Cc1ccc2c3c([nH]c2c1)C(C)(C)C1=C(C=C(OCC(C=C)CC)CC1)O3. The maximum absolute atomic E-state index is 6.43. The van der Waals surface area contributed by atoms with E-state index in [0.717, 1.165) is 58.7 Å². The van der Waals surface area contributed by atoms with Crippen LogP contribution in [-0.2, 0) is 10.2 Å². The van der Waals surface area contributed by atoms with E-state index >= 15 is 0 Å². The van der Waals surface area contributed by atoms with Gasteiger partial charge in [0, 0.05) is 29.2 Å². The quantitative estimate of drug-likeness (QED) is 0.574. The summed E-state index contributed by atoms with van der Waals surface area (Å²) in [6.45, 7) is 15.2. The van der Waals surface area contributed by atoms with Gasteiger partial charge in [-0.25, -0.2) is 0 Å². The van der Waals surface area contributed by atoms with Crippen LogP contribution >= 0.6 is 0 Å². The van der Waals surface area contributed by atoms with Crippen molar-refractivity contribution in [1.82, 2.24) is 4.98 Å². The van der Waals surface area contributed by atoms with Crippen LogP contribution in [0.3, 0.4) is 0 Å². The molecule has 4 rings (SSSR count). The minimum atomic E-state index is -0.106. The van der Waals surface area contributed by atoms with Gasteiger partial charge in [-0.3, -0.25) is 0 Å². The smallest absolute Gasteiger partial charge is 0.156 e. The number of H-pyrrole nitrogens is 1. The molecule has 0 bridgehead atoms. The lowest BCUT2D eigenvalue weighted by atomic mass is 9.75. The fourth-order valence-electron chi connectivity index (χ4n) is 4.19. The average molecular weight is 376 g/mol. The summed E-state index contributed by atoms with van der Waals surface area (Å²) in [7, 11) is 0. The Hall–Kier alpha value is -2.68. The maximum Gasteiger partial charge on any atom is 0.156 e. The Balaban J connectivity index is 1.69. The lowest BCUT2D eigenvalue weighted by Crippen LogP contribution is -2.29. The molecule has 1 aromatic carbocycles. The molecule has 1 aliphatic carbocycles. The van der Waals surface area contributed by atoms with Gasteiger partial charge in [0.1, 0.15) is 5.76 Å². The standard InChI is InChI=1S/C25H29NO2/c1-6-16(7-2)15-27-18-10-12-20-22(14-18)28-23-19-11-9-17(8-3)13-21(19)26-24(23)25(20,4)5/h6,8-9,11,13-14,16,26H,1,3,7,10,12,15H2,2,4-5H3. The molecule has 28 heavy (non-hydrogen) atoms. The molecule has 1 aliphatic heterocycles. The summed E-state index contributed by atoms with van der Waals surface area (Å²) >= 11 is 0. The highest BCUT2D eigenvalue weighted by molar-refractivity contribution is 5.90. The highest BCUT2D eigenvalue weighted by Gasteiger charge is 2.39. The Morgan fingerprint density at radius 3 is 2.82 bits per heavy atom. The number of benzene rings is 1. The molecule has 0 radical (unpaired) electrons. The van der Waals surface area contributed by atoms with Gasteiger partial charge in [-0.05, 0) is 36.1 Å². The van der Waals surface area contributed by atoms with Gasteiger partial charge in [0.05, 0.1) is 23.6 Å². The molecule has 0 saturated carbocycles. The van der Waals surface area contributed by atoms with Crippen LogP contribution in [0.2, 0.25) is 0 Å². The predicted molar refractivity (Wildman–Crippen MR) is 116 cm³/mol. The Kier molecular flexibility index (Phi) is 4.70. The van der Waals surface area contributed by atoms with Crippen LogP contribution in [0.25, 0.3) is 17.0 Å². The van der Waals surface area contributed by atoms with Crippen LogP contribution in [0.4, 0.5) is 0 Å². The summed E-state index contributed by atoms with van der Waals surface area (Å²) in [6, 6.07) is 6.32. The van der Waals surface area contributed by atoms with Crippen LogP contribution in [-0.4, -0.2) is 11.6 Å². The third-order valence-electron chi connectivity index (χ3n) is 6.15. The Morgan fingerprint density at radius 1 is 1.29 bits per heavy atom.